The number of ether oxygens (including phenoxy) is 1. The van der Waals surface area contributed by atoms with E-state index >= 15 is 0 Å². The van der Waals surface area contributed by atoms with Crippen LogP contribution >= 0.6 is 11.6 Å². The number of nitrogens with two attached hydrogens (primary N) is 1. The van der Waals surface area contributed by atoms with Gasteiger partial charge in [-0.15, -0.1) is 0 Å². The molecule has 0 aliphatic rings. The van der Waals surface area contributed by atoms with Gasteiger partial charge in [-0.05, 0) is 32.0 Å². The zero-order chi connectivity index (χ0) is 15.2. The number of carbonyl (C=O) groups excluding carboxylic acids is 1. The highest BCUT2D eigenvalue weighted by Gasteiger charge is 2.17. The molecule has 5 nitrogen and oxygen atoms in total. The van der Waals surface area contributed by atoms with Crippen molar-refractivity contribution in [3.8, 4) is 5.75 Å². The van der Waals surface area contributed by atoms with E-state index in [9.17, 15) is 4.79 Å². The first-order valence-corrected chi connectivity index (χ1v) is 6.84. The van der Waals surface area contributed by atoms with E-state index in [0.29, 0.717) is 30.3 Å². The Morgan fingerprint density at radius 3 is 2.75 bits per heavy atom. The van der Waals surface area contributed by atoms with Gasteiger partial charge in [-0.3, -0.25) is 4.79 Å². The number of nitrogens with one attached hydrogen (secondary N) is 2. The third-order valence-corrected chi connectivity index (χ3v) is 3.05. The van der Waals surface area contributed by atoms with Crippen LogP contribution in [-0.4, -0.2) is 31.6 Å². The van der Waals surface area contributed by atoms with Crippen molar-refractivity contribution < 1.29 is 9.53 Å². The minimum Gasteiger partial charge on any atom is -0.495 e. The van der Waals surface area contributed by atoms with Crippen LogP contribution in [0.3, 0.4) is 0 Å². The molecule has 0 aromatic heterocycles. The summed E-state index contributed by atoms with van der Waals surface area (Å²) < 4.78 is 5.22. The third-order valence-electron chi connectivity index (χ3n) is 2.82. The van der Waals surface area contributed by atoms with Crippen LogP contribution in [-0.2, 0) is 4.79 Å². The first kappa shape index (κ1) is 16.6. The van der Waals surface area contributed by atoms with Crippen molar-refractivity contribution in [2.24, 2.45) is 5.73 Å². The Kier molecular flexibility index (Phi) is 6.10. The predicted molar refractivity (Wildman–Crippen MR) is 82.4 cm³/mol. The summed E-state index contributed by atoms with van der Waals surface area (Å²) in [5.74, 6) is 0.644. The molecule has 1 rings (SSSR count). The second kappa shape index (κ2) is 7.36. The van der Waals surface area contributed by atoms with Gasteiger partial charge in [0.05, 0.1) is 12.8 Å². The minimum absolute atomic E-state index is 0.0473. The quantitative estimate of drug-likeness (QED) is 0.720. The average molecular weight is 300 g/mol. The molecule has 0 spiro atoms. The van der Waals surface area contributed by atoms with Gasteiger partial charge in [0.15, 0.2) is 0 Å². The fourth-order valence-electron chi connectivity index (χ4n) is 1.62. The standard InChI is InChI=1S/C14H22ClN3O2/c1-14(2,9-16)18-13(19)6-7-17-11-8-10(15)4-5-12(11)20-3/h4-5,8,17H,6-7,9,16H2,1-3H3,(H,18,19). The molecule has 0 saturated heterocycles. The highest BCUT2D eigenvalue weighted by atomic mass is 35.5. The first-order chi connectivity index (χ1) is 9.38. The van der Waals surface area contributed by atoms with E-state index in [2.05, 4.69) is 10.6 Å². The first-order valence-electron chi connectivity index (χ1n) is 6.46. The van der Waals surface area contributed by atoms with Gasteiger partial charge in [0.2, 0.25) is 5.91 Å². The number of anilines is 1. The van der Waals surface area contributed by atoms with Gasteiger partial charge in [-0.1, -0.05) is 11.6 Å². The molecule has 0 saturated carbocycles. The highest BCUT2D eigenvalue weighted by Crippen LogP contribution is 2.27. The van der Waals surface area contributed by atoms with Gasteiger partial charge in [-0.2, -0.15) is 0 Å². The SMILES string of the molecule is COc1ccc(Cl)cc1NCCC(=O)NC(C)(C)CN. The van der Waals surface area contributed by atoms with Crippen LogP contribution < -0.4 is 21.1 Å². The highest BCUT2D eigenvalue weighted by molar-refractivity contribution is 6.30. The molecule has 112 valence electrons. The Morgan fingerprint density at radius 2 is 2.15 bits per heavy atom. The topological polar surface area (TPSA) is 76.4 Å². The van der Waals surface area contributed by atoms with Crippen LogP contribution in [0.4, 0.5) is 5.69 Å². The molecule has 1 aromatic carbocycles. The van der Waals surface area contributed by atoms with E-state index in [0.717, 1.165) is 5.69 Å². The lowest BCUT2D eigenvalue weighted by atomic mass is 10.1. The van der Waals surface area contributed by atoms with Crippen LogP contribution in [0.1, 0.15) is 20.3 Å². The lowest BCUT2D eigenvalue weighted by molar-refractivity contribution is -0.122. The normalized spacial score (nSPS) is 11.1. The zero-order valence-corrected chi connectivity index (χ0v) is 12.9. The number of rotatable bonds is 7. The number of carbonyl (C=O) groups is 1. The molecule has 1 amide bonds. The number of hydrogen-bond acceptors (Lipinski definition) is 4. The molecule has 0 heterocycles. The Hall–Kier alpha value is -1.46. The molecule has 0 fully saturated rings. The minimum atomic E-state index is -0.384. The molecular formula is C14H22ClN3O2. The van der Waals surface area contributed by atoms with E-state index in [1.165, 1.54) is 0 Å². The number of benzene rings is 1. The molecule has 1 aromatic rings. The Morgan fingerprint density at radius 1 is 1.45 bits per heavy atom. The largest absolute Gasteiger partial charge is 0.495 e. The van der Waals surface area contributed by atoms with Gasteiger partial charge in [-0.25, -0.2) is 0 Å². The summed E-state index contributed by atoms with van der Waals surface area (Å²) in [7, 11) is 1.59. The summed E-state index contributed by atoms with van der Waals surface area (Å²) in [5, 5.41) is 6.62. The van der Waals surface area contributed by atoms with Crippen molar-refractivity contribution >= 4 is 23.2 Å². The second-order valence-electron chi connectivity index (χ2n) is 5.16. The third kappa shape index (κ3) is 5.27. The van der Waals surface area contributed by atoms with E-state index in [4.69, 9.17) is 22.1 Å². The second-order valence-corrected chi connectivity index (χ2v) is 5.59. The molecule has 6 heteroatoms. The van der Waals surface area contributed by atoms with Crippen LogP contribution in [0, 0.1) is 0 Å². The van der Waals surface area contributed by atoms with Crippen molar-refractivity contribution in [1.82, 2.24) is 5.32 Å². The fourth-order valence-corrected chi connectivity index (χ4v) is 1.79. The van der Waals surface area contributed by atoms with Crippen LogP contribution in [0.5, 0.6) is 5.75 Å². The van der Waals surface area contributed by atoms with Gasteiger partial charge in [0, 0.05) is 30.1 Å². The fraction of sp³-hybridized carbons (Fsp3) is 0.500. The Bertz CT molecular complexity index is 464. The molecule has 0 atom stereocenters. The summed E-state index contributed by atoms with van der Waals surface area (Å²) in [6.07, 6.45) is 0.346. The summed E-state index contributed by atoms with van der Waals surface area (Å²) in [5.41, 5.74) is 5.95. The summed E-state index contributed by atoms with van der Waals surface area (Å²) >= 11 is 5.93. The monoisotopic (exact) mass is 299 g/mol. The molecule has 4 N–H and O–H groups in total. The van der Waals surface area contributed by atoms with E-state index in [1.54, 1.807) is 25.3 Å². The van der Waals surface area contributed by atoms with Gasteiger partial charge < -0.3 is 21.1 Å². The van der Waals surface area contributed by atoms with Gasteiger partial charge >= 0.3 is 0 Å². The molecule has 0 unspecified atom stereocenters. The van der Waals surface area contributed by atoms with Gasteiger partial charge in [0.1, 0.15) is 5.75 Å². The molecule has 0 aliphatic carbocycles. The van der Waals surface area contributed by atoms with Crippen molar-refractivity contribution in [1.29, 1.82) is 0 Å². The summed E-state index contributed by atoms with van der Waals surface area (Å²) in [6, 6.07) is 5.30. The Labute approximate surface area is 124 Å². The van der Waals surface area contributed by atoms with Crippen LogP contribution in [0.2, 0.25) is 5.02 Å². The van der Waals surface area contributed by atoms with Crippen molar-refractivity contribution in [2.75, 3.05) is 25.5 Å². The molecule has 20 heavy (non-hydrogen) atoms. The van der Waals surface area contributed by atoms with E-state index in [1.807, 2.05) is 13.8 Å². The summed E-state index contributed by atoms with van der Waals surface area (Å²) in [4.78, 5) is 11.8. The number of amides is 1. The summed E-state index contributed by atoms with van der Waals surface area (Å²) in [6.45, 7) is 4.66. The lowest BCUT2D eigenvalue weighted by Crippen LogP contribution is -2.49. The van der Waals surface area contributed by atoms with Crippen molar-refractivity contribution in [3.63, 3.8) is 0 Å². The van der Waals surface area contributed by atoms with Crippen molar-refractivity contribution in [2.45, 2.75) is 25.8 Å². The van der Waals surface area contributed by atoms with E-state index in [-0.39, 0.29) is 11.4 Å². The lowest BCUT2D eigenvalue weighted by Gasteiger charge is -2.24. The van der Waals surface area contributed by atoms with E-state index < -0.39 is 0 Å². The maximum atomic E-state index is 11.8. The smallest absolute Gasteiger partial charge is 0.222 e. The predicted octanol–water partition coefficient (Wildman–Crippen LogP) is 2.00. The van der Waals surface area contributed by atoms with Crippen LogP contribution in [0.15, 0.2) is 18.2 Å². The van der Waals surface area contributed by atoms with Gasteiger partial charge in [0.25, 0.3) is 0 Å². The molecular weight excluding hydrogens is 278 g/mol. The number of halogens is 1. The average Bonchev–Trinajstić information content (AvgIpc) is 2.38. The maximum Gasteiger partial charge on any atom is 0.222 e. The van der Waals surface area contributed by atoms with Crippen LogP contribution in [0.25, 0.3) is 0 Å². The molecule has 0 radical (unpaired) electrons. The van der Waals surface area contributed by atoms with Crippen molar-refractivity contribution in [3.05, 3.63) is 23.2 Å². The zero-order valence-electron chi connectivity index (χ0n) is 12.1. The number of hydrogen-bond donors (Lipinski definition) is 3. The molecule has 0 aliphatic heterocycles. The maximum absolute atomic E-state index is 11.8. The number of methoxy groups -OCH3 is 1. The molecule has 0 bridgehead atoms. The Balaban J connectivity index is 2.48.